The monoisotopic (exact) mass is 346 g/mol. The van der Waals surface area contributed by atoms with Crippen molar-refractivity contribution in [1.82, 2.24) is 9.99 Å². The summed E-state index contributed by atoms with van der Waals surface area (Å²) in [5.74, 6) is -0.733. The van der Waals surface area contributed by atoms with Crippen LogP contribution in [-0.4, -0.2) is 34.6 Å². The first kappa shape index (κ1) is 16.3. The van der Waals surface area contributed by atoms with Gasteiger partial charge < -0.3 is 5.32 Å². The van der Waals surface area contributed by atoms with Crippen LogP contribution >= 0.6 is 11.3 Å². The predicted molar refractivity (Wildman–Crippen MR) is 89.4 cm³/mol. The Kier molecular flexibility index (Phi) is 4.66. The summed E-state index contributed by atoms with van der Waals surface area (Å²) in [6.45, 7) is 0. The lowest BCUT2D eigenvalue weighted by Gasteiger charge is -2.18. The summed E-state index contributed by atoms with van der Waals surface area (Å²) < 4.78 is 13.2. The van der Waals surface area contributed by atoms with Crippen molar-refractivity contribution in [2.24, 2.45) is 5.10 Å². The van der Waals surface area contributed by atoms with Crippen LogP contribution in [0.5, 0.6) is 0 Å². The maximum atomic E-state index is 13.2. The molecule has 24 heavy (non-hydrogen) atoms. The minimum atomic E-state index is -0.338. The fourth-order valence-corrected chi connectivity index (χ4v) is 3.14. The summed E-state index contributed by atoms with van der Waals surface area (Å²) in [5.41, 5.74) is 1.14. The Morgan fingerprint density at radius 3 is 3.00 bits per heavy atom. The highest BCUT2D eigenvalue weighted by molar-refractivity contribution is 7.16. The van der Waals surface area contributed by atoms with Crippen LogP contribution in [0, 0.1) is 5.82 Å². The van der Waals surface area contributed by atoms with Crippen LogP contribution in [-0.2, 0) is 16.0 Å². The Labute approximate surface area is 142 Å². The van der Waals surface area contributed by atoms with Crippen LogP contribution in [0.4, 0.5) is 9.39 Å². The number of rotatable bonds is 4. The van der Waals surface area contributed by atoms with Gasteiger partial charge in [0.1, 0.15) is 16.5 Å². The lowest BCUT2D eigenvalue weighted by molar-refractivity contribution is -0.130. The van der Waals surface area contributed by atoms with E-state index in [1.807, 2.05) is 6.07 Å². The van der Waals surface area contributed by atoms with E-state index in [0.29, 0.717) is 23.6 Å². The van der Waals surface area contributed by atoms with Crippen LogP contribution in [0.3, 0.4) is 0 Å². The van der Waals surface area contributed by atoms with Gasteiger partial charge in [-0.05, 0) is 17.7 Å². The number of thiazole rings is 1. The molecule has 1 aliphatic rings. The molecular weight excluding hydrogens is 331 g/mol. The second kappa shape index (κ2) is 6.88. The van der Waals surface area contributed by atoms with E-state index in [2.05, 4.69) is 15.4 Å². The zero-order valence-electron chi connectivity index (χ0n) is 13.0. The molecule has 0 saturated carbocycles. The predicted octanol–water partition coefficient (Wildman–Crippen LogP) is 2.42. The molecule has 0 atom stereocenters. The van der Waals surface area contributed by atoms with Crippen LogP contribution in [0.1, 0.15) is 23.4 Å². The Morgan fingerprint density at radius 2 is 2.25 bits per heavy atom. The number of benzene rings is 1. The molecule has 8 heteroatoms. The number of carbonyl (C=O) groups excluding carboxylic acids is 2. The van der Waals surface area contributed by atoms with Crippen LogP contribution in [0.2, 0.25) is 0 Å². The quantitative estimate of drug-likeness (QED) is 0.924. The number of halogens is 1. The standard InChI is InChI=1S/C16H15FN4O2S/c1-21-15(22)6-5-12(20-21)16(23)19-14-9-18-13(24-14)8-10-3-2-4-11(17)7-10/h2-4,7,9H,5-6,8H2,1H3,(H,19,23). The molecule has 2 amide bonds. The molecule has 1 N–H and O–H groups in total. The summed E-state index contributed by atoms with van der Waals surface area (Å²) in [7, 11) is 1.53. The van der Waals surface area contributed by atoms with Crippen molar-refractivity contribution in [3.05, 3.63) is 46.9 Å². The van der Waals surface area contributed by atoms with Crippen molar-refractivity contribution in [3.63, 3.8) is 0 Å². The first-order valence-corrected chi connectivity index (χ1v) is 8.17. The van der Waals surface area contributed by atoms with Gasteiger partial charge in [-0.3, -0.25) is 9.59 Å². The highest BCUT2D eigenvalue weighted by atomic mass is 32.1. The van der Waals surface area contributed by atoms with Gasteiger partial charge in [-0.2, -0.15) is 5.10 Å². The van der Waals surface area contributed by atoms with E-state index in [-0.39, 0.29) is 24.1 Å². The van der Waals surface area contributed by atoms with Crippen molar-refractivity contribution < 1.29 is 14.0 Å². The number of amides is 2. The van der Waals surface area contributed by atoms with E-state index < -0.39 is 0 Å². The first-order valence-electron chi connectivity index (χ1n) is 7.36. The number of hydrazone groups is 1. The van der Waals surface area contributed by atoms with Gasteiger partial charge in [-0.15, -0.1) is 11.3 Å². The molecule has 1 aliphatic heterocycles. The van der Waals surface area contributed by atoms with E-state index in [4.69, 9.17) is 0 Å². The van der Waals surface area contributed by atoms with E-state index in [1.54, 1.807) is 12.3 Å². The third-order valence-electron chi connectivity index (χ3n) is 3.50. The Morgan fingerprint density at radius 1 is 1.42 bits per heavy atom. The SMILES string of the molecule is CN1N=C(C(=O)Nc2cnc(Cc3cccc(F)c3)s2)CCC1=O. The molecule has 124 valence electrons. The third kappa shape index (κ3) is 3.83. The zero-order chi connectivity index (χ0) is 17.1. The lowest BCUT2D eigenvalue weighted by Crippen LogP contribution is -2.33. The lowest BCUT2D eigenvalue weighted by atomic mass is 10.1. The topological polar surface area (TPSA) is 74.7 Å². The van der Waals surface area contributed by atoms with Crippen molar-refractivity contribution in [1.29, 1.82) is 0 Å². The van der Waals surface area contributed by atoms with E-state index in [1.165, 1.54) is 35.5 Å². The molecular formula is C16H15FN4O2S. The summed E-state index contributed by atoms with van der Waals surface area (Å²) in [6.07, 6.45) is 2.66. The Balaban J connectivity index is 1.65. The van der Waals surface area contributed by atoms with E-state index in [9.17, 15) is 14.0 Å². The molecule has 0 fully saturated rings. The molecule has 0 unspecified atom stereocenters. The Hall–Kier alpha value is -2.61. The number of hydrogen-bond donors (Lipinski definition) is 1. The van der Waals surface area contributed by atoms with Gasteiger partial charge >= 0.3 is 0 Å². The van der Waals surface area contributed by atoms with Gasteiger partial charge in [0.2, 0.25) is 5.91 Å². The zero-order valence-corrected chi connectivity index (χ0v) is 13.8. The second-order valence-corrected chi connectivity index (χ2v) is 6.46. The number of anilines is 1. The van der Waals surface area contributed by atoms with Gasteiger partial charge in [-0.1, -0.05) is 12.1 Å². The summed E-state index contributed by atoms with van der Waals surface area (Å²) in [4.78, 5) is 27.8. The second-order valence-electron chi connectivity index (χ2n) is 5.34. The number of hydrogen-bond acceptors (Lipinski definition) is 5. The molecule has 0 bridgehead atoms. The minimum absolute atomic E-state index is 0.110. The van der Waals surface area contributed by atoms with Gasteiger partial charge in [0.05, 0.1) is 11.2 Å². The van der Waals surface area contributed by atoms with Crippen molar-refractivity contribution >= 4 is 33.9 Å². The number of nitrogens with zero attached hydrogens (tertiary/aromatic N) is 3. The van der Waals surface area contributed by atoms with Gasteiger partial charge in [-0.25, -0.2) is 14.4 Å². The Bertz CT molecular complexity index is 818. The maximum absolute atomic E-state index is 13.2. The molecule has 0 aliphatic carbocycles. The van der Waals surface area contributed by atoms with Crippen LogP contribution in [0.25, 0.3) is 0 Å². The molecule has 1 aromatic heterocycles. The largest absolute Gasteiger partial charge is 0.311 e. The van der Waals surface area contributed by atoms with Crippen molar-refractivity contribution in [2.75, 3.05) is 12.4 Å². The summed E-state index contributed by atoms with van der Waals surface area (Å²) in [6, 6.07) is 6.33. The summed E-state index contributed by atoms with van der Waals surface area (Å²) in [5, 5.41) is 9.26. The molecule has 6 nitrogen and oxygen atoms in total. The van der Waals surface area contributed by atoms with Crippen molar-refractivity contribution in [2.45, 2.75) is 19.3 Å². The molecule has 0 spiro atoms. The van der Waals surface area contributed by atoms with Crippen LogP contribution in [0.15, 0.2) is 35.6 Å². The van der Waals surface area contributed by atoms with Gasteiger partial charge in [0, 0.05) is 26.3 Å². The molecule has 1 aromatic carbocycles. The van der Waals surface area contributed by atoms with Crippen molar-refractivity contribution in [3.8, 4) is 0 Å². The van der Waals surface area contributed by atoms with Gasteiger partial charge in [0.25, 0.3) is 5.91 Å². The molecule has 2 heterocycles. The molecule has 0 radical (unpaired) electrons. The average molecular weight is 346 g/mol. The van der Waals surface area contributed by atoms with Gasteiger partial charge in [0.15, 0.2) is 0 Å². The normalized spacial score (nSPS) is 14.5. The molecule has 3 rings (SSSR count). The van der Waals surface area contributed by atoms with Crippen LogP contribution < -0.4 is 5.32 Å². The van der Waals surface area contributed by atoms with E-state index >= 15 is 0 Å². The minimum Gasteiger partial charge on any atom is -0.311 e. The highest BCUT2D eigenvalue weighted by Crippen LogP contribution is 2.22. The first-order chi connectivity index (χ1) is 11.5. The number of nitrogens with one attached hydrogen (secondary N) is 1. The highest BCUT2D eigenvalue weighted by Gasteiger charge is 2.22. The maximum Gasteiger partial charge on any atom is 0.272 e. The molecule has 0 saturated heterocycles. The number of aromatic nitrogens is 1. The fourth-order valence-electron chi connectivity index (χ4n) is 2.29. The smallest absolute Gasteiger partial charge is 0.272 e. The third-order valence-corrected chi connectivity index (χ3v) is 4.42. The van der Waals surface area contributed by atoms with E-state index in [0.717, 1.165) is 10.6 Å². The fraction of sp³-hybridized carbons (Fsp3) is 0.250. The average Bonchev–Trinajstić information content (AvgIpc) is 2.97. The molecule has 2 aromatic rings. The number of carbonyl (C=O) groups is 2. The summed E-state index contributed by atoms with van der Waals surface area (Å²) >= 11 is 1.33.